The Balaban J connectivity index is 1.69. The second-order valence-electron chi connectivity index (χ2n) is 6.68. The van der Waals surface area contributed by atoms with E-state index in [-0.39, 0.29) is 30.6 Å². The maximum Gasteiger partial charge on any atom is 0.236 e. The Kier molecular flexibility index (Phi) is 4.69. The Labute approximate surface area is 142 Å². The zero-order chi connectivity index (χ0) is 17.2. The molecule has 2 aliphatic rings. The summed E-state index contributed by atoms with van der Waals surface area (Å²) in [5.41, 5.74) is -0.0438. The van der Waals surface area contributed by atoms with Crippen molar-refractivity contribution in [1.29, 1.82) is 0 Å². The minimum absolute atomic E-state index is 0.147. The number of nitrogens with zero attached hydrogens (tertiary/aromatic N) is 1. The van der Waals surface area contributed by atoms with E-state index in [0.717, 1.165) is 32.1 Å². The molecule has 24 heavy (non-hydrogen) atoms. The monoisotopic (exact) mass is 329 g/mol. The summed E-state index contributed by atoms with van der Waals surface area (Å²) in [6.45, 7) is 2.30. The Morgan fingerprint density at radius 3 is 2.42 bits per heavy atom. The molecule has 1 heterocycles. The molecule has 1 spiro atoms. The van der Waals surface area contributed by atoms with Crippen molar-refractivity contribution >= 4 is 17.6 Å². The van der Waals surface area contributed by atoms with Gasteiger partial charge in [-0.1, -0.05) is 19.3 Å². The maximum absolute atomic E-state index is 12.7. The summed E-state index contributed by atoms with van der Waals surface area (Å²) in [7, 11) is 0. The van der Waals surface area contributed by atoms with Gasteiger partial charge in [0.1, 0.15) is 5.75 Å². The summed E-state index contributed by atoms with van der Waals surface area (Å²) < 4.78 is 5.35. The second kappa shape index (κ2) is 6.75. The molecule has 1 aliphatic carbocycles. The highest BCUT2D eigenvalue weighted by molar-refractivity contribution is 6.10. The minimum Gasteiger partial charge on any atom is -0.494 e. The Hall–Kier alpha value is -2.17. The van der Waals surface area contributed by atoms with E-state index in [1.54, 1.807) is 24.3 Å². The van der Waals surface area contributed by atoms with Gasteiger partial charge in [0.2, 0.25) is 11.8 Å². The zero-order valence-corrected chi connectivity index (χ0v) is 14.0. The normalized spacial score (nSPS) is 19.8. The van der Waals surface area contributed by atoms with Crippen molar-refractivity contribution in [3.05, 3.63) is 29.8 Å². The Bertz CT molecular complexity index is 644. The highest BCUT2D eigenvalue weighted by Crippen LogP contribution is 2.45. The number of amides is 2. The summed E-state index contributed by atoms with van der Waals surface area (Å²) >= 11 is 0. The third-order valence-corrected chi connectivity index (χ3v) is 5.09. The van der Waals surface area contributed by atoms with E-state index in [2.05, 4.69) is 0 Å². The minimum atomic E-state index is -0.533. The lowest BCUT2D eigenvalue weighted by atomic mass is 9.73. The van der Waals surface area contributed by atoms with Crippen molar-refractivity contribution in [3.8, 4) is 5.75 Å². The van der Waals surface area contributed by atoms with Gasteiger partial charge in [-0.3, -0.25) is 19.3 Å². The van der Waals surface area contributed by atoms with Crippen molar-refractivity contribution in [2.24, 2.45) is 5.41 Å². The number of ketones is 1. The molecular formula is C19H23NO4. The Morgan fingerprint density at radius 2 is 1.79 bits per heavy atom. The van der Waals surface area contributed by atoms with Crippen LogP contribution in [-0.2, 0) is 9.59 Å². The first-order valence-corrected chi connectivity index (χ1v) is 8.66. The topological polar surface area (TPSA) is 63.7 Å². The number of likely N-dealkylation sites (tertiary alicyclic amines) is 1. The first-order chi connectivity index (χ1) is 11.6. The number of rotatable bonds is 5. The highest BCUT2D eigenvalue weighted by Gasteiger charge is 2.51. The molecule has 1 aromatic carbocycles. The lowest BCUT2D eigenvalue weighted by molar-refractivity contribution is -0.141. The summed E-state index contributed by atoms with van der Waals surface area (Å²) in [6, 6.07) is 6.81. The van der Waals surface area contributed by atoms with Crippen LogP contribution in [0.3, 0.4) is 0 Å². The predicted octanol–water partition coefficient (Wildman–Crippen LogP) is 2.98. The number of hydrogen-bond donors (Lipinski definition) is 0. The van der Waals surface area contributed by atoms with Gasteiger partial charge in [-0.15, -0.1) is 0 Å². The van der Waals surface area contributed by atoms with Crippen molar-refractivity contribution in [3.63, 3.8) is 0 Å². The number of benzene rings is 1. The van der Waals surface area contributed by atoms with E-state index >= 15 is 0 Å². The lowest BCUT2D eigenvalue weighted by Crippen LogP contribution is -2.39. The number of ether oxygens (including phenoxy) is 1. The molecule has 5 heteroatoms. The molecule has 0 N–H and O–H groups in total. The van der Waals surface area contributed by atoms with Gasteiger partial charge in [0.15, 0.2) is 5.78 Å². The van der Waals surface area contributed by atoms with Crippen LogP contribution in [0.5, 0.6) is 5.75 Å². The van der Waals surface area contributed by atoms with Crippen LogP contribution in [-0.4, -0.2) is 35.6 Å². The molecule has 0 aromatic heterocycles. The van der Waals surface area contributed by atoms with Crippen molar-refractivity contribution < 1.29 is 19.1 Å². The summed E-state index contributed by atoms with van der Waals surface area (Å²) in [5, 5.41) is 0. The molecule has 5 nitrogen and oxygen atoms in total. The van der Waals surface area contributed by atoms with E-state index in [1.165, 1.54) is 4.90 Å². The number of carbonyl (C=O) groups excluding carboxylic acids is 3. The van der Waals surface area contributed by atoms with Crippen LogP contribution in [0, 0.1) is 5.41 Å². The highest BCUT2D eigenvalue weighted by atomic mass is 16.5. The van der Waals surface area contributed by atoms with Gasteiger partial charge in [0, 0.05) is 12.0 Å². The molecule has 0 atom stereocenters. The van der Waals surface area contributed by atoms with E-state index in [1.807, 2.05) is 6.92 Å². The van der Waals surface area contributed by atoms with E-state index in [0.29, 0.717) is 17.9 Å². The second-order valence-corrected chi connectivity index (χ2v) is 6.68. The van der Waals surface area contributed by atoms with Gasteiger partial charge in [0.05, 0.1) is 18.6 Å². The standard InChI is InChI=1S/C19H23NO4/c1-2-24-15-8-6-14(7-9-15)16(21)13-20-17(22)12-19(18(20)23)10-4-3-5-11-19/h6-9H,2-5,10-13H2,1H3. The molecule has 0 unspecified atom stereocenters. The Morgan fingerprint density at radius 1 is 1.12 bits per heavy atom. The van der Waals surface area contributed by atoms with Crippen LogP contribution in [0.4, 0.5) is 0 Å². The van der Waals surface area contributed by atoms with Gasteiger partial charge in [-0.05, 0) is 44.0 Å². The number of hydrogen-bond acceptors (Lipinski definition) is 4. The zero-order valence-electron chi connectivity index (χ0n) is 14.0. The SMILES string of the molecule is CCOc1ccc(C(=O)CN2C(=O)CC3(CCCCC3)C2=O)cc1. The molecule has 0 bridgehead atoms. The molecule has 1 saturated carbocycles. The largest absolute Gasteiger partial charge is 0.494 e. The summed E-state index contributed by atoms with van der Waals surface area (Å²) in [4.78, 5) is 38.6. The third-order valence-electron chi connectivity index (χ3n) is 5.09. The average molecular weight is 329 g/mol. The van der Waals surface area contributed by atoms with Crippen molar-refractivity contribution in [2.75, 3.05) is 13.2 Å². The molecule has 2 amide bonds. The predicted molar refractivity (Wildman–Crippen MR) is 88.8 cm³/mol. The van der Waals surface area contributed by atoms with E-state index < -0.39 is 5.41 Å². The van der Waals surface area contributed by atoms with Crippen LogP contribution >= 0.6 is 0 Å². The average Bonchev–Trinajstić information content (AvgIpc) is 2.80. The van der Waals surface area contributed by atoms with Gasteiger partial charge < -0.3 is 4.74 Å². The van der Waals surface area contributed by atoms with Crippen molar-refractivity contribution in [1.82, 2.24) is 4.90 Å². The fourth-order valence-electron chi connectivity index (χ4n) is 3.78. The lowest BCUT2D eigenvalue weighted by Gasteiger charge is -2.30. The first kappa shape index (κ1) is 16.7. The van der Waals surface area contributed by atoms with Gasteiger partial charge in [0.25, 0.3) is 0 Å². The van der Waals surface area contributed by atoms with Crippen LogP contribution in [0.2, 0.25) is 0 Å². The summed E-state index contributed by atoms with van der Waals surface area (Å²) in [5.74, 6) is 0.129. The van der Waals surface area contributed by atoms with Crippen LogP contribution in [0.1, 0.15) is 55.8 Å². The molecule has 128 valence electrons. The van der Waals surface area contributed by atoms with Gasteiger partial charge in [-0.2, -0.15) is 0 Å². The number of carbonyl (C=O) groups is 3. The number of imide groups is 1. The smallest absolute Gasteiger partial charge is 0.236 e. The number of Topliss-reactive ketones (excluding diaryl/α,β-unsaturated/α-hetero) is 1. The molecule has 1 aromatic rings. The third kappa shape index (κ3) is 3.07. The van der Waals surface area contributed by atoms with Gasteiger partial charge >= 0.3 is 0 Å². The molecule has 0 radical (unpaired) electrons. The summed E-state index contributed by atoms with van der Waals surface area (Å²) in [6.07, 6.45) is 4.90. The first-order valence-electron chi connectivity index (χ1n) is 8.66. The van der Waals surface area contributed by atoms with E-state index in [4.69, 9.17) is 4.74 Å². The fourth-order valence-corrected chi connectivity index (χ4v) is 3.78. The van der Waals surface area contributed by atoms with Crippen molar-refractivity contribution in [2.45, 2.75) is 45.4 Å². The van der Waals surface area contributed by atoms with Crippen LogP contribution in [0.15, 0.2) is 24.3 Å². The molecular weight excluding hydrogens is 306 g/mol. The van der Waals surface area contributed by atoms with E-state index in [9.17, 15) is 14.4 Å². The molecule has 1 saturated heterocycles. The fraction of sp³-hybridized carbons (Fsp3) is 0.526. The molecule has 2 fully saturated rings. The van der Waals surface area contributed by atoms with Crippen LogP contribution in [0.25, 0.3) is 0 Å². The molecule has 1 aliphatic heterocycles. The van der Waals surface area contributed by atoms with Crippen LogP contribution < -0.4 is 4.74 Å². The maximum atomic E-state index is 12.7. The van der Waals surface area contributed by atoms with Gasteiger partial charge in [-0.25, -0.2) is 0 Å². The molecule has 3 rings (SSSR count). The quantitative estimate of drug-likeness (QED) is 0.615.